The topological polar surface area (TPSA) is 80.9 Å². The summed E-state index contributed by atoms with van der Waals surface area (Å²) in [5.41, 5.74) is -0.169. The number of aromatic nitrogens is 4. The Balaban J connectivity index is 1.99. The van der Waals surface area contributed by atoms with Crippen molar-refractivity contribution in [3.63, 3.8) is 0 Å². The van der Waals surface area contributed by atoms with Crippen LogP contribution in [0.15, 0.2) is 59.9 Å². The van der Waals surface area contributed by atoms with E-state index in [1.54, 1.807) is 6.92 Å². The van der Waals surface area contributed by atoms with E-state index in [-0.39, 0.29) is 34.5 Å². The lowest BCUT2D eigenvalue weighted by molar-refractivity contribution is -0.137. The Hall–Kier alpha value is -3.66. The Morgan fingerprint density at radius 2 is 1.81 bits per heavy atom. The number of nitrogens with zero attached hydrogens (tertiary/aromatic N) is 4. The van der Waals surface area contributed by atoms with Crippen LogP contribution in [0.4, 0.5) is 17.6 Å². The van der Waals surface area contributed by atoms with Crippen LogP contribution in [0.5, 0.6) is 0 Å². The van der Waals surface area contributed by atoms with E-state index in [9.17, 15) is 27.5 Å². The van der Waals surface area contributed by atoms with Gasteiger partial charge in [0.2, 0.25) is 0 Å². The van der Waals surface area contributed by atoms with Gasteiger partial charge in [-0.25, -0.2) is 14.4 Å². The summed E-state index contributed by atoms with van der Waals surface area (Å²) >= 11 is 0. The van der Waals surface area contributed by atoms with Crippen molar-refractivity contribution in [1.82, 2.24) is 19.5 Å². The van der Waals surface area contributed by atoms with Crippen molar-refractivity contribution in [1.29, 1.82) is 0 Å². The number of hydrogen-bond donors (Lipinski definition) is 1. The van der Waals surface area contributed by atoms with Gasteiger partial charge in [0.1, 0.15) is 11.3 Å². The van der Waals surface area contributed by atoms with Gasteiger partial charge in [-0.3, -0.25) is 14.3 Å². The number of benzene rings is 1. The number of fused-ring (bicyclic) bond motifs is 1. The van der Waals surface area contributed by atoms with Crippen molar-refractivity contribution < 1.29 is 22.7 Å². The number of rotatable bonds is 4. The first-order valence-corrected chi connectivity index (χ1v) is 9.50. The molecule has 1 atom stereocenters. The summed E-state index contributed by atoms with van der Waals surface area (Å²) in [6.07, 6.45) is -0.868. The number of hydrogen-bond acceptors (Lipinski definition) is 5. The van der Waals surface area contributed by atoms with Crippen molar-refractivity contribution in [2.24, 2.45) is 0 Å². The molecule has 0 bridgehead atoms. The quantitative estimate of drug-likeness (QED) is 0.477. The van der Waals surface area contributed by atoms with Crippen LogP contribution in [0, 0.1) is 5.82 Å². The zero-order valence-corrected chi connectivity index (χ0v) is 16.6. The predicted octanol–water partition coefficient (Wildman–Crippen LogP) is 4.23. The van der Waals surface area contributed by atoms with E-state index in [4.69, 9.17) is 0 Å². The fourth-order valence-corrected chi connectivity index (χ4v) is 3.27. The summed E-state index contributed by atoms with van der Waals surface area (Å²) in [6, 6.07) is 6.37. The minimum Gasteiger partial charge on any atom is -0.394 e. The third-order valence-electron chi connectivity index (χ3n) is 4.99. The van der Waals surface area contributed by atoms with Crippen LogP contribution in [-0.2, 0) is 6.18 Å². The number of alkyl halides is 3. The molecule has 1 N–H and O–H groups in total. The average molecular weight is 444 g/mol. The maximum absolute atomic E-state index is 13.8. The normalized spacial score (nSPS) is 12.8. The number of aliphatic hydroxyl groups excluding tert-OH is 1. The molecule has 0 aliphatic rings. The van der Waals surface area contributed by atoms with Gasteiger partial charge >= 0.3 is 6.18 Å². The summed E-state index contributed by atoms with van der Waals surface area (Å²) in [4.78, 5) is 25.7. The van der Waals surface area contributed by atoms with Crippen molar-refractivity contribution in [2.45, 2.75) is 19.1 Å². The van der Waals surface area contributed by atoms with Gasteiger partial charge in [0.05, 0.1) is 47.5 Å². The molecule has 4 rings (SSSR count). The standard InChI is InChI=1S/C22H16F4N4O2/c1-12(10-31)30-11-28-20-17(21(30)32)7-18(13-2-4-15(5-3-13)22(24,25)26)29-19(20)14-6-16(23)9-27-8-14/h2-9,11-12,31H,10H2,1H3/t12-/m0/s1. The molecule has 0 radical (unpaired) electrons. The first kappa shape index (κ1) is 21.6. The minimum atomic E-state index is -4.49. The zero-order chi connectivity index (χ0) is 23.0. The summed E-state index contributed by atoms with van der Waals surface area (Å²) in [5, 5.41) is 9.55. The highest BCUT2D eigenvalue weighted by molar-refractivity contribution is 5.93. The van der Waals surface area contributed by atoms with Gasteiger partial charge in [-0.05, 0) is 31.2 Å². The van der Waals surface area contributed by atoms with Crippen LogP contribution < -0.4 is 5.56 Å². The van der Waals surface area contributed by atoms with Crippen molar-refractivity contribution in [2.75, 3.05) is 6.61 Å². The molecular formula is C22H16F4N4O2. The van der Waals surface area contributed by atoms with Crippen LogP contribution in [0.1, 0.15) is 18.5 Å². The fourth-order valence-electron chi connectivity index (χ4n) is 3.27. The molecule has 32 heavy (non-hydrogen) atoms. The average Bonchev–Trinajstić information content (AvgIpc) is 2.78. The first-order valence-electron chi connectivity index (χ1n) is 9.50. The third kappa shape index (κ3) is 3.96. The number of pyridine rings is 2. The molecule has 1 aromatic carbocycles. The van der Waals surface area contributed by atoms with E-state index in [1.807, 2.05) is 0 Å². The number of halogens is 4. The van der Waals surface area contributed by atoms with Crippen LogP contribution in [-0.4, -0.2) is 31.2 Å². The summed E-state index contributed by atoms with van der Waals surface area (Å²) in [5.74, 6) is -0.625. The maximum Gasteiger partial charge on any atom is 0.416 e. The number of aliphatic hydroxyl groups is 1. The second kappa shape index (κ2) is 8.12. The smallest absolute Gasteiger partial charge is 0.394 e. The van der Waals surface area contributed by atoms with Crippen molar-refractivity contribution >= 4 is 10.9 Å². The first-order chi connectivity index (χ1) is 15.2. The highest BCUT2D eigenvalue weighted by atomic mass is 19.4. The highest BCUT2D eigenvalue weighted by Crippen LogP contribution is 2.32. The molecule has 0 saturated carbocycles. The lowest BCUT2D eigenvalue weighted by Gasteiger charge is -2.15. The third-order valence-corrected chi connectivity index (χ3v) is 4.99. The zero-order valence-electron chi connectivity index (χ0n) is 16.6. The Bertz CT molecular complexity index is 1350. The van der Waals surface area contributed by atoms with Gasteiger partial charge in [-0.1, -0.05) is 12.1 Å². The van der Waals surface area contributed by atoms with E-state index in [1.165, 1.54) is 41.4 Å². The lowest BCUT2D eigenvalue weighted by atomic mass is 10.0. The molecule has 0 unspecified atom stereocenters. The lowest BCUT2D eigenvalue weighted by Crippen LogP contribution is -2.25. The molecule has 0 fully saturated rings. The van der Waals surface area contributed by atoms with Gasteiger partial charge in [-0.2, -0.15) is 13.2 Å². The second-order valence-corrected chi connectivity index (χ2v) is 7.21. The van der Waals surface area contributed by atoms with E-state index in [2.05, 4.69) is 15.0 Å². The van der Waals surface area contributed by atoms with E-state index >= 15 is 0 Å². The largest absolute Gasteiger partial charge is 0.416 e. The molecule has 0 spiro atoms. The Morgan fingerprint density at radius 3 is 2.44 bits per heavy atom. The predicted molar refractivity (Wildman–Crippen MR) is 109 cm³/mol. The maximum atomic E-state index is 13.8. The van der Waals surface area contributed by atoms with E-state index < -0.39 is 29.2 Å². The Morgan fingerprint density at radius 1 is 1.09 bits per heavy atom. The molecule has 3 aromatic heterocycles. The summed E-state index contributed by atoms with van der Waals surface area (Å²) in [7, 11) is 0. The van der Waals surface area contributed by atoms with Crippen LogP contribution in [0.2, 0.25) is 0 Å². The van der Waals surface area contributed by atoms with Gasteiger partial charge in [0.25, 0.3) is 5.56 Å². The van der Waals surface area contributed by atoms with Crippen LogP contribution >= 0.6 is 0 Å². The SMILES string of the molecule is C[C@@H](CO)n1cnc2c(-c3cncc(F)c3)nc(-c3ccc(C(F)(F)F)cc3)cc2c1=O. The van der Waals surface area contributed by atoms with Gasteiger partial charge in [0.15, 0.2) is 0 Å². The van der Waals surface area contributed by atoms with Gasteiger partial charge < -0.3 is 5.11 Å². The molecule has 6 nitrogen and oxygen atoms in total. The molecule has 10 heteroatoms. The van der Waals surface area contributed by atoms with Gasteiger partial charge in [-0.15, -0.1) is 0 Å². The van der Waals surface area contributed by atoms with Crippen molar-refractivity contribution in [3.8, 4) is 22.5 Å². The van der Waals surface area contributed by atoms with Crippen molar-refractivity contribution in [3.05, 3.63) is 76.9 Å². The molecule has 0 aliphatic carbocycles. The Labute approximate surface area is 178 Å². The fraction of sp³-hybridized carbons (Fsp3) is 0.182. The second-order valence-electron chi connectivity index (χ2n) is 7.21. The molecule has 164 valence electrons. The monoisotopic (exact) mass is 444 g/mol. The van der Waals surface area contributed by atoms with E-state index in [0.717, 1.165) is 18.3 Å². The molecule has 0 saturated heterocycles. The summed E-state index contributed by atoms with van der Waals surface area (Å²) < 4.78 is 53.8. The van der Waals surface area contributed by atoms with Crippen LogP contribution in [0.25, 0.3) is 33.4 Å². The van der Waals surface area contributed by atoms with Crippen LogP contribution in [0.3, 0.4) is 0 Å². The Kier molecular flexibility index (Phi) is 5.47. The molecule has 0 aliphatic heterocycles. The molecule has 3 heterocycles. The molecule has 4 aromatic rings. The summed E-state index contributed by atoms with van der Waals surface area (Å²) in [6.45, 7) is 1.33. The van der Waals surface area contributed by atoms with Gasteiger partial charge in [0, 0.05) is 17.3 Å². The highest BCUT2D eigenvalue weighted by Gasteiger charge is 2.30. The molecule has 0 amide bonds. The van der Waals surface area contributed by atoms with E-state index in [0.29, 0.717) is 5.56 Å². The molecular weight excluding hydrogens is 428 g/mol. The minimum absolute atomic E-state index is 0.122.